The predicted molar refractivity (Wildman–Crippen MR) is 60.7 cm³/mol. The molecule has 0 amide bonds. The average molecular weight is 233 g/mol. The Labute approximate surface area is 92.9 Å². The number of aromatic nitrogens is 2. The quantitative estimate of drug-likeness (QED) is 0.628. The van der Waals surface area contributed by atoms with Crippen molar-refractivity contribution in [3.05, 3.63) is 11.2 Å². The molecule has 0 aliphatic heterocycles. The summed E-state index contributed by atoms with van der Waals surface area (Å²) >= 11 is 7.48. The molecule has 0 spiro atoms. The molecule has 0 radical (unpaired) electrons. The fourth-order valence-corrected chi connectivity index (χ4v) is 2.04. The molecule has 0 bridgehead atoms. The van der Waals surface area contributed by atoms with Gasteiger partial charge in [-0.15, -0.1) is 11.8 Å². The van der Waals surface area contributed by atoms with Crippen molar-refractivity contribution < 1.29 is 0 Å². The van der Waals surface area contributed by atoms with E-state index in [2.05, 4.69) is 14.9 Å². The van der Waals surface area contributed by atoms with E-state index in [1.54, 1.807) is 11.8 Å². The molecule has 4 nitrogen and oxygen atoms in total. The summed E-state index contributed by atoms with van der Waals surface area (Å²) in [7, 11) is 4.05. The smallest absolute Gasteiger partial charge is 0.221 e. The van der Waals surface area contributed by atoms with Gasteiger partial charge in [0.1, 0.15) is 5.03 Å². The molecule has 2 N–H and O–H groups in total. The zero-order valence-electron chi connectivity index (χ0n) is 8.20. The van der Waals surface area contributed by atoms with Crippen LogP contribution in [0.4, 0.5) is 5.95 Å². The third-order valence-corrected chi connectivity index (χ3v) is 2.87. The predicted octanol–water partition coefficient (Wildman–Crippen LogP) is 1.37. The Morgan fingerprint density at radius 2 is 2.29 bits per heavy atom. The molecule has 1 heterocycles. The Bertz CT molecular complexity index is 305. The van der Waals surface area contributed by atoms with Crippen molar-refractivity contribution in [2.75, 3.05) is 32.1 Å². The monoisotopic (exact) mass is 232 g/mol. The summed E-state index contributed by atoms with van der Waals surface area (Å²) in [6, 6.07) is 0. The largest absolute Gasteiger partial charge is 0.368 e. The van der Waals surface area contributed by atoms with Crippen molar-refractivity contribution in [2.24, 2.45) is 0 Å². The van der Waals surface area contributed by atoms with Crippen molar-refractivity contribution in [1.82, 2.24) is 14.9 Å². The van der Waals surface area contributed by atoms with Crippen LogP contribution in [0.1, 0.15) is 0 Å². The van der Waals surface area contributed by atoms with Gasteiger partial charge in [-0.3, -0.25) is 0 Å². The van der Waals surface area contributed by atoms with E-state index in [0.717, 1.165) is 17.3 Å². The molecule has 1 rings (SSSR count). The van der Waals surface area contributed by atoms with Gasteiger partial charge in [-0.1, -0.05) is 11.6 Å². The van der Waals surface area contributed by atoms with Gasteiger partial charge in [0.25, 0.3) is 0 Å². The molecule has 0 atom stereocenters. The van der Waals surface area contributed by atoms with Gasteiger partial charge >= 0.3 is 0 Å². The van der Waals surface area contributed by atoms with E-state index in [1.165, 1.54) is 6.20 Å². The van der Waals surface area contributed by atoms with Crippen LogP contribution in [0.15, 0.2) is 11.2 Å². The van der Waals surface area contributed by atoms with Crippen LogP contribution in [0, 0.1) is 0 Å². The normalized spacial score (nSPS) is 10.9. The van der Waals surface area contributed by atoms with Gasteiger partial charge in [-0.2, -0.15) is 0 Å². The van der Waals surface area contributed by atoms with Crippen LogP contribution < -0.4 is 5.73 Å². The molecule has 1 aromatic rings. The second kappa shape index (κ2) is 5.38. The van der Waals surface area contributed by atoms with E-state index in [1.807, 2.05) is 14.1 Å². The van der Waals surface area contributed by atoms with Crippen LogP contribution in [0.3, 0.4) is 0 Å². The first kappa shape index (κ1) is 11.6. The molecule has 6 heteroatoms. The highest BCUT2D eigenvalue weighted by Crippen LogP contribution is 2.24. The standard InChI is InChI=1S/C8H13ClN4S/c1-13(2)3-4-14-7-6(9)5-11-8(10)12-7/h5H,3-4H2,1-2H3,(H2,10,11,12). The number of hydrogen-bond donors (Lipinski definition) is 1. The molecule has 0 unspecified atom stereocenters. The first-order valence-electron chi connectivity index (χ1n) is 4.15. The summed E-state index contributed by atoms with van der Waals surface area (Å²) in [5.74, 6) is 1.20. The minimum absolute atomic E-state index is 0.266. The van der Waals surface area contributed by atoms with E-state index in [-0.39, 0.29) is 5.95 Å². The number of nitrogen functional groups attached to an aromatic ring is 1. The topological polar surface area (TPSA) is 55.0 Å². The Balaban J connectivity index is 2.53. The Kier molecular flexibility index (Phi) is 4.44. The van der Waals surface area contributed by atoms with Gasteiger partial charge in [0.05, 0.1) is 11.2 Å². The average Bonchev–Trinajstić information content (AvgIpc) is 2.10. The molecular weight excluding hydrogens is 220 g/mol. The van der Waals surface area contributed by atoms with Gasteiger partial charge in [0.15, 0.2) is 0 Å². The maximum absolute atomic E-state index is 5.90. The summed E-state index contributed by atoms with van der Waals surface area (Å²) < 4.78 is 0. The summed E-state index contributed by atoms with van der Waals surface area (Å²) in [4.78, 5) is 9.94. The molecule has 0 saturated heterocycles. The summed E-state index contributed by atoms with van der Waals surface area (Å²) in [6.45, 7) is 0.977. The Morgan fingerprint density at radius 1 is 1.57 bits per heavy atom. The number of hydrogen-bond acceptors (Lipinski definition) is 5. The SMILES string of the molecule is CN(C)CCSc1nc(N)ncc1Cl. The van der Waals surface area contributed by atoms with E-state index in [9.17, 15) is 0 Å². The van der Waals surface area contributed by atoms with Crippen molar-refractivity contribution in [3.63, 3.8) is 0 Å². The van der Waals surface area contributed by atoms with Gasteiger partial charge in [0, 0.05) is 12.3 Å². The van der Waals surface area contributed by atoms with Crippen molar-refractivity contribution in [1.29, 1.82) is 0 Å². The Morgan fingerprint density at radius 3 is 2.93 bits per heavy atom. The van der Waals surface area contributed by atoms with Gasteiger partial charge in [-0.05, 0) is 14.1 Å². The van der Waals surface area contributed by atoms with Gasteiger partial charge < -0.3 is 10.6 Å². The number of thioether (sulfide) groups is 1. The van der Waals surface area contributed by atoms with Crippen LogP contribution in [0.2, 0.25) is 5.02 Å². The van der Waals surface area contributed by atoms with Crippen molar-refractivity contribution in [3.8, 4) is 0 Å². The van der Waals surface area contributed by atoms with Crippen LogP contribution in [-0.2, 0) is 0 Å². The highest BCUT2D eigenvalue weighted by molar-refractivity contribution is 7.99. The first-order valence-corrected chi connectivity index (χ1v) is 5.51. The zero-order valence-corrected chi connectivity index (χ0v) is 9.77. The zero-order chi connectivity index (χ0) is 10.6. The number of nitrogens with zero attached hydrogens (tertiary/aromatic N) is 3. The van der Waals surface area contributed by atoms with Crippen LogP contribution in [-0.4, -0.2) is 41.3 Å². The lowest BCUT2D eigenvalue weighted by Gasteiger charge is -2.08. The van der Waals surface area contributed by atoms with E-state index >= 15 is 0 Å². The molecule has 0 saturated carbocycles. The fourth-order valence-electron chi connectivity index (χ4n) is 0.790. The number of halogens is 1. The van der Waals surface area contributed by atoms with Crippen molar-refractivity contribution in [2.45, 2.75) is 5.03 Å². The lowest BCUT2D eigenvalue weighted by molar-refractivity contribution is 0.437. The first-order chi connectivity index (χ1) is 6.59. The van der Waals surface area contributed by atoms with Gasteiger partial charge in [0.2, 0.25) is 5.95 Å². The second-order valence-corrected chi connectivity index (χ2v) is 4.52. The van der Waals surface area contributed by atoms with E-state index in [4.69, 9.17) is 17.3 Å². The van der Waals surface area contributed by atoms with E-state index in [0.29, 0.717) is 5.02 Å². The molecule has 0 fully saturated rings. The third-order valence-electron chi connectivity index (χ3n) is 1.51. The van der Waals surface area contributed by atoms with Crippen LogP contribution >= 0.6 is 23.4 Å². The lowest BCUT2D eigenvalue weighted by atomic mass is 10.7. The van der Waals surface area contributed by atoms with E-state index < -0.39 is 0 Å². The lowest BCUT2D eigenvalue weighted by Crippen LogP contribution is -2.14. The summed E-state index contributed by atoms with van der Waals surface area (Å²) in [5, 5.41) is 1.31. The molecule has 0 aliphatic rings. The number of anilines is 1. The highest BCUT2D eigenvalue weighted by atomic mass is 35.5. The maximum Gasteiger partial charge on any atom is 0.221 e. The molecular formula is C8H13ClN4S. The molecule has 0 aliphatic carbocycles. The minimum atomic E-state index is 0.266. The number of rotatable bonds is 4. The van der Waals surface area contributed by atoms with Crippen molar-refractivity contribution >= 4 is 29.3 Å². The molecule has 0 aromatic carbocycles. The van der Waals surface area contributed by atoms with Gasteiger partial charge in [-0.25, -0.2) is 9.97 Å². The molecule has 1 aromatic heterocycles. The molecule has 78 valence electrons. The Hall–Kier alpha value is -0.520. The maximum atomic E-state index is 5.90. The number of nitrogens with two attached hydrogens (primary N) is 1. The summed E-state index contributed by atoms with van der Waals surface area (Å²) in [5.41, 5.74) is 5.45. The summed E-state index contributed by atoms with van der Waals surface area (Å²) in [6.07, 6.45) is 1.53. The fraction of sp³-hybridized carbons (Fsp3) is 0.500. The third kappa shape index (κ3) is 3.69. The molecule has 14 heavy (non-hydrogen) atoms. The highest BCUT2D eigenvalue weighted by Gasteiger charge is 2.04. The minimum Gasteiger partial charge on any atom is -0.368 e. The second-order valence-electron chi connectivity index (χ2n) is 3.03. The van der Waals surface area contributed by atoms with Crippen LogP contribution in [0.5, 0.6) is 0 Å². The van der Waals surface area contributed by atoms with Crippen LogP contribution in [0.25, 0.3) is 0 Å².